The van der Waals surface area contributed by atoms with Crippen LogP contribution in [-0.2, 0) is 0 Å². The quantitative estimate of drug-likeness (QED) is 0.797. The van der Waals surface area contributed by atoms with Gasteiger partial charge in [0.1, 0.15) is 5.75 Å². The summed E-state index contributed by atoms with van der Waals surface area (Å²) in [4.78, 5) is 0. The molecule has 0 fully saturated rings. The SMILES string of the molecule is COc1ccc(C)cc1C(N)c1cc(Cl)ccc1I. The second kappa shape index (κ2) is 6.11. The van der Waals surface area contributed by atoms with E-state index in [1.54, 1.807) is 7.11 Å². The van der Waals surface area contributed by atoms with Crippen molar-refractivity contribution in [3.63, 3.8) is 0 Å². The molecule has 0 bridgehead atoms. The normalized spacial score (nSPS) is 12.3. The summed E-state index contributed by atoms with van der Waals surface area (Å²) in [5, 5.41) is 0.692. The van der Waals surface area contributed by atoms with E-state index in [1.165, 1.54) is 0 Å². The van der Waals surface area contributed by atoms with E-state index in [0.717, 1.165) is 26.0 Å². The molecular weight excluding hydrogens is 373 g/mol. The minimum atomic E-state index is -0.250. The highest BCUT2D eigenvalue weighted by Crippen LogP contribution is 2.32. The van der Waals surface area contributed by atoms with Crippen molar-refractivity contribution in [1.29, 1.82) is 0 Å². The summed E-state index contributed by atoms with van der Waals surface area (Å²) in [5.74, 6) is 0.800. The summed E-state index contributed by atoms with van der Waals surface area (Å²) in [6.45, 7) is 2.04. The molecule has 4 heteroatoms. The van der Waals surface area contributed by atoms with Crippen molar-refractivity contribution < 1.29 is 4.74 Å². The summed E-state index contributed by atoms with van der Waals surface area (Å²) in [6.07, 6.45) is 0. The molecule has 0 saturated carbocycles. The van der Waals surface area contributed by atoms with Gasteiger partial charge in [0.2, 0.25) is 0 Å². The van der Waals surface area contributed by atoms with E-state index in [1.807, 2.05) is 37.3 Å². The Kier molecular flexibility index (Phi) is 4.71. The van der Waals surface area contributed by atoms with Crippen molar-refractivity contribution in [2.75, 3.05) is 7.11 Å². The first-order valence-electron chi connectivity index (χ1n) is 5.88. The minimum Gasteiger partial charge on any atom is -0.496 e. The molecule has 0 aliphatic carbocycles. The van der Waals surface area contributed by atoms with Crippen LogP contribution in [0.2, 0.25) is 5.02 Å². The molecule has 2 nitrogen and oxygen atoms in total. The number of hydrogen-bond donors (Lipinski definition) is 1. The molecule has 2 N–H and O–H groups in total. The maximum absolute atomic E-state index is 6.39. The third-order valence-electron chi connectivity index (χ3n) is 3.01. The Hall–Kier alpha value is -0.780. The summed E-state index contributed by atoms with van der Waals surface area (Å²) < 4.78 is 6.49. The van der Waals surface area contributed by atoms with Gasteiger partial charge in [-0.15, -0.1) is 0 Å². The zero-order chi connectivity index (χ0) is 14.0. The van der Waals surface area contributed by atoms with E-state index in [9.17, 15) is 0 Å². The Bertz CT molecular complexity index is 601. The average Bonchev–Trinajstić information content (AvgIpc) is 2.40. The van der Waals surface area contributed by atoms with Gasteiger partial charge in [-0.05, 0) is 59.3 Å². The molecule has 2 aromatic rings. The maximum atomic E-state index is 6.39. The number of rotatable bonds is 3. The van der Waals surface area contributed by atoms with Crippen molar-refractivity contribution in [2.45, 2.75) is 13.0 Å². The standard InChI is InChI=1S/C15H15ClINO/c1-9-3-6-14(19-2)12(7-9)15(18)11-8-10(16)4-5-13(11)17/h3-8,15H,18H2,1-2H3. The maximum Gasteiger partial charge on any atom is 0.123 e. The van der Waals surface area contributed by atoms with E-state index in [-0.39, 0.29) is 6.04 Å². The lowest BCUT2D eigenvalue weighted by Crippen LogP contribution is -2.14. The van der Waals surface area contributed by atoms with Crippen LogP contribution in [0, 0.1) is 10.5 Å². The van der Waals surface area contributed by atoms with Gasteiger partial charge in [0.15, 0.2) is 0 Å². The third-order valence-corrected chi connectivity index (χ3v) is 4.23. The lowest BCUT2D eigenvalue weighted by atomic mass is 9.97. The molecule has 0 radical (unpaired) electrons. The molecule has 0 spiro atoms. The summed E-state index contributed by atoms with van der Waals surface area (Å²) in [6, 6.07) is 11.5. The summed E-state index contributed by atoms with van der Waals surface area (Å²) in [7, 11) is 1.66. The lowest BCUT2D eigenvalue weighted by molar-refractivity contribution is 0.407. The van der Waals surface area contributed by atoms with Crippen LogP contribution in [0.15, 0.2) is 36.4 Å². The highest BCUT2D eigenvalue weighted by Gasteiger charge is 2.17. The molecule has 0 amide bonds. The van der Waals surface area contributed by atoms with Gasteiger partial charge < -0.3 is 10.5 Å². The van der Waals surface area contributed by atoms with Gasteiger partial charge in [-0.25, -0.2) is 0 Å². The van der Waals surface area contributed by atoms with Crippen LogP contribution in [0.3, 0.4) is 0 Å². The second-order valence-electron chi connectivity index (χ2n) is 4.39. The molecule has 100 valence electrons. The molecular formula is C15H15ClINO. The van der Waals surface area contributed by atoms with Gasteiger partial charge in [0, 0.05) is 14.2 Å². The highest BCUT2D eigenvalue weighted by molar-refractivity contribution is 14.1. The molecule has 0 aliphatic heterocycles. The van der Waals surface area contributed by atoms with Gasteiger partial charge in [-0.1, -0.05) is 29.3 Å². The Morgan fingerprint density at radius 1 is 1.16 bits per heavy atom. The van der Waals surface area contributed by atoms with Crippen LogP contribution >= 0.6 is 34.2 Å². The van der Waals surface area contributed by atoms with Crippen LogP contribution in [0.5, 0.6) is 5.75 Å². The van der Waals surface area contributed by atoms with Gasteiger partial charge in [0.25, 0.3) is 0 Å². The Morgan fingerprint density at radius 2 is 1.89 bits per heavy atom. The largest absolute Gasteiger partial charge is 0.496 e. The predicted molar refractivity (Wildman–Crippen MR) is 87.9 cm³/mol. The molecule has 1 atom stereocenters. The zero-order valence-electron chi connectivity index (χ0n) is 10.8. The average molecular weight is 388 g/mol. The van der Waals surface area contributed by atoms with E-state index < -0.39 is 0 Å². The number of methoxy groups -OCH3 is 1. The molecule has 0 aromatic heterocycles. The van der Waals surface area contributed by atoms with Crippen molar-refractivity contribution in [3.8, 4) is 5.75 Å². The first kappa shape index (κ1) is 14.6. The molecule has 0 aliphatic rings. The van der Waals surface area contributed by atoms with Crippen molar-refractivity contribution in [1.82, 2.24) is 0 Å². The predicted octanol–water partition coefficient (Wildman–Crippen LogP) is 4.31. The van der Waals surface area contributed by atoms with Crippen LogP contribution in [0.1, 0.15) is 22.7 Å². The summed E-state index contributed by atoms with van der Waals surface area (Å²) >= 11 is 8.34. The van der Waals surface area contributed by atoms with E-state index >= 15 is 0 Å². The smallest absolute Gasteiger partial charge is 0.123 e. The number of halogens is 2. The van der Waals surface area contributed by atoms with Crippen LogP contribution in [0.4, 0.5) is 0 Å². The molecule has 19 heavy (non-hydrogen) atoms. The van der Waals surface area contributed by atoms with Crippen LogP contribution < -0.4 is 10.5 Å². The number of benzene rings is 2. The third kappa shape index (κ3) is 3.22. The molecule has 2 rings (SSSR count). The Balaban J connectivity index is 2.51. The monoisotopic (exact) mass is 387 g/mol. The fourth-order valence-electron chi connectivity index (χ4n) is 2.02. The van der Waals surface area contributed by atoms with Gasteiger partial charge in [-0.3, -0.25) is 0 Å². The van der Waals surface area contributed by atoms with Crippen molar-refractivity contribution in [3.05, 3.63) is 61.7 Å². The van der Waals surface area contributed by atoms with Gasteiger partial charge in [0.05, 0.1) is 13.2 Å². The highest BCUT2D eigenvalue weighted by atomic mass is 127. The number of hydrogen-bond acceptors (Lipinski definition) is 2. The van der Waals surface area contributed by atoms with E-state index in [0.29, 0.717) is 5.02 Å². The first-order valence-corrected chi connectivity index (χ1v) is 7.33. The number of nitrogens with two attached hydrogens (primary N) is 1. The minimum absolute atomic E-state index is 0.250. The van der Waals surface area contributed by atoms with Gasteiger partial charge in [-0.2, -0.15) is 0 Å². The molecule has 0 saturated heterocycles. The van der Waals surface area contributed by atoms with Crippen molar-refractivity contribution in [2.24, 2.45) is 5.73 Å². The van der Waals surface area contributed by atoms with E-state index in [4.69, 9.17) is 22.1 Å². The van der Waals surface area contributed by atoms with Crippen LogP contribution in [0.25, 0.3) is 0 Å². The lowest BCUT2D eigenvalue weighted by Gasteiger charge is -2.18. The fraction of sp³-hybridized carbons (Fsp3) is 0.200. The molecule has 1 unspecified atom stereocenters. The zero-order valence-corrected chi connectivity index (χ0v) is 13.7. The number of aryl methyl sites for hydroxylation is 1. The fourth-order valence-corrected chi connectivity index (χ4v) is 2.87. The molecule has 2 aromatic carbocycles. The Labute approximate surface area is 132 Å². The summed E-state index contributed by atoms with van der Waals surface area (Å²) in [5.41, 5.74) is 9.53. The van der Waals surface area contributed by atoms with Gasteiger partial charge >= 0.3 is 0 Å². The van der Waals surface area contributed by atoms with Crippen LogP contribution in [-0.4, -0.2) is 7.11 Å². The second-order valence-corrected chi connectivity index (χ2v) is 5.99. The van der Waals surface area contributed by atoms with Crippen molar-refractivity contribution >= 4 is 34.2 Å². The first-order chi connectivity index (χ1) is 9.02. The number of ether oxygens (including phenoxy) is 1. The topological polar surface area (TPSA) is 35.2 Å². The Morgan fingerprint density at radius 3 is 2.58 bits per heavy atom. The van der Waals surface area contributed by atoms with E-state index in [2.05, 4.69) is 28.7 Å². The molecule has 0 heterocycles.